The molecule has 0 radical (unpaired) electrons. The maximum Gasteiger partial charge on any atom is 0.407 e. The van der Waals surface area contributed by atoms with Gasteiger partial charge < -0.3 is 25.2 Å². The Labute approximate surface area is 193 Å². The van der Waals surface area contributed by atoms with Crippen LogP contribution >= 0.6 is 0 Å². The average Bonchev–Trinajstić information content (AvgIpc) is 3.04. The number of ether oxygens (including phenoxy) is 2. The number of hydrogen-bond donors (Lipinski definition) is 3. The van der Waals surface area contributed by atoms with Gasteiger partial charge in [-0.1, -0.05) is 48.5 Å². The smallest absolute Gasteiger partial charge is 0.407 e. The largest absolute Gasteiger partial charge is 0.481 e. The first-order chi connectivity index (χ1) is 15.6. The molecule has 0 bridgehead atoms. The molecule has 0 fully saturated rings. The zero-order valence-corrected chi connectivity index (χ0v) is 19.1. The molecule has 0 aliphatic heterocycles. The van der Waals surface area contributed by atoms with E-state index >= 15 is 0 Å². The van der Waals surface area contributed by atoms with E-state index in [9.17, 15) is 14.4 Å². The van der Waals surface area contributed by atoms with Crippen molar-refractivity contribution in [3.05, 3.63) is 59.7 Å². The summed E-state index contributed by atoms with van der Waals surface area (Å²) >= 11 is 0. The number of carboxylic acid groups (broad SMARTS) is 1. The number of alkyl carbamates (subject to hydrolysis) is 2. The van der Waals surface area contributed by atoms with Gasteiger partial charge >= 0.3 is 18.2 Å². The van der Waals surface area contributed by atoms with Crippen LogP contribution < -0.4 is 10.6 Å². The Morgan fingerprint density at radius 3 is 2.09 bits per heavy atom. The van der Waals surface area contributed by atoms with Crippen LogP contribution in [0.5, 0.6) is 0 Å². The molecule has 2 amide bonds. The van der Waals surface area contributed by atoms with E-state index in [1.807, 2.05) is 36.4 Å². The maximum atomic E-state index is 12.3. The molecule has 0 aromatic heterocycles. The average molecular weight is 455 g/mol. The molecule has 3 rings (SSSR count). The molecule has 3 N–H and O–H groups in total. The lowest BCUT2D eigenvalue weighted by molar-refractivity contribution is -0.137. The molecule has 0 spiro atoms. The topological polar surface area (TPSA) is 114 Å². The summed E-state index contributed by atoms with van der Waals surface area (Å²) in [5.41, 5.74) is 3.83. The van der Waals surface area contributed by atoms with Gasteiger partial charge in [0.05, 0.1) is 6.42 Å². The van der Waals surface area contributed by atoms with Crippen molar-refractivity contribution in [3.8, 4) is 11.1 Å². The Hall–Kier alpha value is -3.55. The van der Waals surface area contributed by atoms with Crippen molar-refractivity contribution in [1.82, 2.24) is 10.6 Å². The third-order valence-corrected chi connectivity index (χ3v) is 5.25. The van der Waals surface area contributed by atoms with Crippen molar-refractivity contribution in [2.45, 2.75) is 51.2 Å². The van der Waals surface area contributed by atoms with Crippen LogP contribution in [0.4, 0.5) is 9.59 Å². The Bertz CT molecular complexity index is 968. The summed E-state index contributed by atoms with van der Waals surface area (Å²) in [6.07, 6.45) is -1.36. The van der Waals surface area contributed by atoms with Gasteiger partial charge in [0.15, 0.2) is 0 Å². The summed E-state index contributed by atoms with van der Waals surface area (Å²) in [4.78, 5) is 35.4. The van der Waals surface area contributed by atoms with Crippen molar-refractivity contribution in [3.63, 3.8) is 0 Å². The van der Waals surface area contributed by atoms with Gasteiger partial charge in [-0.15, -0.1) is 0 Å². The number of benzene rings is 2. The Balaban J connectivity index is 1.50. The van der Waals surface area contributed by atoms with Gasteiger partial charge in [0.2, 0.25) is 0 Å². The number of aliphatic carboxylic acids is 1. The summed E-state index contributed by atoms with van der Waals surface area (Å²) in [6, 6.07) is 15.4. The molecule has 1 aliphatic rings. The lowest BCUT2D eigenvalue weighted by Crippen LogP contribution is -2.42. The van der Waals surface area contributed by atoms with E-state index in [-0.39, 0.29) is 31.9 Å². The molecule has 2 aromatic rings. The number of carboxylic acids is 1. The standard InChI is InChI=1S/C25H30N2O6/c1-25(2,3)33-24(31)27-16(14-22(28)29)12-13-26-23(30)32-15-21-19-10-6-4-8-17(19)18-9-5-7-11-20(18)21/h4-11,16,21H,12-15H2,1-3H3,(H,26,30)(H,27,31)(H,28,29). The lowest BCUT2D eigenvalue weighted by Gasteiger charge is -2.23. The van der Waals surface area contributed by atoms with E-state index in [1.54, 1.807) is 20.8 Å². The van der Waals surface area contributed by atoms with Gasteiger partial charge in [0.25, 0.3) is 0 Å². The Morgan fingerprint density at radius 1 is 0.970 bits per heavy atom. The second-order valence-electron chi connectivity index (χ2n) is 8.98. The van der Waals surface area contributed by atoms with Crippen molar-refractivity contribution in [1.29, 1.82) is 0 Å². The molecule has 0 saturated heterocycles. The van der Waals surface area contributed by atoms with Crippen LogP contribution in [0.2, 0.25) is 0 Å². The number of nitrogens with one attached hydrogen (secondary N) is 2. The quantitative estimate of drug-likeness (QED) is 0.549. The maximum absolute atomic E-state index is 12.3. The van der Waals surface area contributed by atoms with Crippen molar-refractivity contribution >= 4 is 18.2 Å². The highest BCUT2D eigenvalue weighted by Gasteiger charge is 2.29. The first kappa shape index (κ1) is 24.1. The van der Waals surface area contributed by atoms with Crippen LogP contribution in [-0.4, -0.2) is 48.1 Å². The SMILES string of the molecule is CC(C)(C)OC(=O)NC(CCNC(=O)OCC1c2ccccc2-c2ccccc21)CC(=O)O. The van der Waals surface area contributed by atoms with Crippen LogP contribution in [0.25, 0.3) is 11.1 Å². The molecule has 33 heavy (non-hydrogen) atoms. The molecule has 1 aliphatic carbocycles. The third kappa shape index (κ3) is 6.71. The minimum Gasteiger partial charge on any atom is -0.481 e. The Morgan fingerprint density at radius 2 is 1.55 bits per heavy atom. The zero-order chi connectivity index (χ0) is 24.0. The van der Waals surface area contributed by atoms with Gasteiger partial charge in [0.1, 0.15) is 12.2 Å². The molecule has 8 heteroatoms. The van der Waals surface area contributed by atoms with Crippen LogP contribution in [0.15, 0.2) is 48.5 Å². The van der Waals surface area contributed by atoms with Crippen LogP contribution in [0, 0.1) is 0 Å². The summed E-state index contributed by atoms with van der Waals surface area (Å²) in [6.45, 7) is 5.49. The van der Waals surface area contributed by atoms with Gasteiger partial charge in [-0.05, 0) is 49.4 Å². The van der Waals surface area contributed by atoms with E-state index in [0.29, 0.717) is 0 Å². The number of carbonyl (C=O) groups excluding carboxylic acids is 2. The van der Waals surface area contributed by atoms with Crippen molar-refractivity contribution < 1.29 is 29.0 Å². The zero-order valence-electron chi connectivity index (χ0n) is 19.1. The van der Waals surface area contributed by atoms with Gasteiger partial charge in [-0.2, -0.15) is 0 Å². The number of hydrogen-bond acceptors (Lipinski definition) is 5. The predicted octanol–water partition coefficient (Wildman–Crippen LogP) is 4.28. The second kappa shape index (κ2) is 10.4. The molecule has 1 unspecified atom stereocenters. The molecule has 8 nitrogen and oxygen atoms in total. The predicted molar refractivity (Wildman–Crippen MR) is 123 cm³/mol. The van der Waals surface area contributed by atoms with Crippen LogP contribution in [0.1, 0.15) is 50.7 Å². The fourth-order valence-electron chi connectivity index (χ4n) is 3.91. The van der Waals surface area contributed by atoms with E-state index in [0.717, 1.165) is 22.3 Å². The first-order valence-corrected chi connectivity index (χ1v) is 10.9. The molecular weight excluding hydrogens is 424 g/mol. The first-order valence-electron chi connectivity index (χ1n) is 10.9. The summed E-state index contributed by atoms with van der Waals surface area (Å²) < 4.78 is 10.6. The van der Waals surface area contributed by atoms with E-state index in [2.05, 4.69) is 22.8 Å². The van der Waals surface area contributed by atoms with Gasteiger partial charge in [-0.25, -0.2) is 9.59 Å². The molecular formula is C25H30N2O6. The molecule has 2 aromatic carbocycles. The van der Waals surface area contributed by atoms with Crippen molar-refractivity contribution in [2.24, 2.45) is 0 Å². The lowest BCUT2D eigenvalue weighted by atomic mass is 9.98. The number of amides is 2. The fraction of sp³-hybridized carbons (Fsp3) is 0.400. The molecule has 176 valence electrons. The second-order valence-corrected chi connectivity index (χ2v) is 8.98. The minimum atomic E-state index is -1.06. The monoisotopic (exact) mass is 454 g/mol. The summed E-state index contributed by atoms with van der Waals surface area (Å²) in [7, 11) is 0. The van der Waals surface area contributed by atoms with E-state index in [4.69, 9.17) is 14.6 Å². The highest BCUT2D eigenvalue weighted by atomic mass is 16.6. The van der Waals surface area contributed by atoms with Gasteiger partial charge in [-0.3, -0.25) is 4.79 Å². The van der Waals surface area contributed by atoms with Crippen molar-refractivity contribution in [2.75, 3.05) is 13.2 Å². The number of carbonyl (C=O) groups is 3. The van der Waals surface area contributed by atoms with Gasteiger partial charge in [0, 0.05) is 18.5 Å². The summed E-state index contributed by atoms with van der Waals surface area (Å²) in [5.74, 6) is -1.10. The Kier molecular flexibility index (Phi) is 7.58. The number of fused-ring (bicyclic) bond motifs is 3. The highest BCUT2D eigenvalue weighted by Crippen LogP contribution is 2.44. The van der Waals surface area contributed by atoms with E-state index in [1.165, 1.54) is 0 Å². The third-order valence-electron chi connectivity index (χ3n) is 5.25. The molecule has 1 atom stereocenters. The molecule has 0 heterocycles. The normalized spacial score (nSPS) is 13.4. The summed E-state index contributed by atoms with van der Waals surface area (Å²) in [5, 5.41) is 14.3. The van der Waals surface area contributed by atoms with Crippen LogP contribution in [-0.2, 0) is 14.3 Å². The van der Waals surface area contributed by atoms with E-state index < -0.39 is 29.8 Å². The highest BCUT2D eigenvalue weighted by molar-refractivity contribution is 5.79. The fourth-order valence-corrected chi connectivity index (χ4v) is 3.91. The minimum absolute atomic E-state index is 0.0447. The molecule has 0 saturated carbocycles. The number of rotatable bonds is 8. The van der Waals surface area contributed by atoms with Crippen LogP contribution in [0.3, 0.4) is 0 Å².